The Morgan fingerprint density at radius 2 is 1.39 bits per heavy atom. The number of hydrogen-bond acceptors (Lipinski definition) is 3. The van der Waals surface area contributed by atoms with Crippen molar-refractivity contribution in [3.05, 3.63) is 0 Å². The molecule has 2 N–H and O–H groups in total. The quantitative estimate of drug-likeness (QED) is 0.419. The Balaban J connectivity index is -0.000000251. The zero-order chi connectivity index (χ0) is 13.5. The molecule has 0 heterocycles. The van der Waals surface area contributed by atoms with Crippen molar-refractivity contribution in [2.75, 3.05) is 0 Å². The number of primary amides is 1. The predicted molar refractivity (Wildman–Crippen MR) is 67.1 cm³/mol. The molecule has 0 saturated heterocycles. The van der Waals surface area contributed by atoms with Crippen LogP contribution < -0.4 is 40.4 Å². The second kappa shape index (κ2) is 19.3. The summed E-state index contributed by atoms with van der Waals surface area (Å²) in [4.78, 5) is 19.9. The second-order valence-corrected chi connectivity index (χ2v) is 4.11. The third-order valence-corrected chi connectivity index (χ3v) is 2.26. The second-order valence-electron chi connectivity index (χ2n) is 4.11. The fourth-order valence-corrected chi connectivity index (χ4v) is 1.22. The van der Waals surface area contributed by atoms with Gasteiger partial charge >= 0.3 is 29.6 Å². The Kier molecular flexibility index (Phi) is 24.7. The van der Waals surface area contributed by atoms with E-state index in [2.05, 4.69) is 6.92 Å². The number of aliphatic carboxylic acids is 1. The van der Waals surface area contributed by atoms with E-state index in [1.165, 1.54) is 19.3 Å². The molecule has 5 heteroatoms. The van der Waals surface area contributed by atoms with Gasteiger partial charge in [-0.15, -0.1) is 0 Å². The molecule has 0 aliphatic heterocycles. The molecule has 1 amide bonds. The number of carboxylic acids is 1. The van der Waals surface area contributed by atoms with E-state index in [4.69, 9.17) is 5.73 Å². The Hall–Kier alpha value is -0.0600. The molecule has 0 spiro atoms. The summed E-state index contributed by atoms with van der Waals surface area (Å²) in [6.45, 7) is 4.12. The van der Waals surface area contributed by atoms with E-state index in [-0.39, 0.29) is 41.9 Å². The minimum absolute atomic E-state index is 0. The van der Waals surface area contributed by atoms with Gasteiger partial charge < -0.3 is 15.6 Å². The third kappa shape index (κ3) is 29.7. The molecule has 0 radical (unpaired) electrons. The van der Waals surface area contributed by atoms with E-state index in [1.54, 1.807) is 0 Å². The molecule has 0 bridgehead atoms. The average Bonchev–Trinajstić information content (AvgIpc) is 2.26. The van der Waals surface area contributed by atoms with Crippen LogP contribution in [0.4, 0.5) is 0 Å². The molecular formula is C13H26NNaO3. The number of carboxylic acid groups (broad SMARTS) is 1. The topological polar surface area (TPSA) is 83.2 Å². The van der Waals surface area contributed by atoms with Crippen LogP contribution in [0.2, 0.25) is 0 Å². The molecule has 0 rings (SSSR count). The van der Waals surface area contributed by atoms with Gasteiger partial charge in [-0.2, -0.15) is 0 Å². The molecule has 102 valence electrons. The van der Waals surface area contributed by atoms with Crippen LogP contribution >= 0.6 is 0 Å². The minimum atomic E-state index is -0.943. The van der Waals surface area contributed by atoms with Crippen molar-refractivity contribution in [2.24, 2.45) is 5.73 Å². The first-order valence-electron chi connectivity index (χ1n) is 6.52. The summed E-state index contributed by atoms with van der Waals surface area (Å²) in [5.74, 6) is -1.11. The first-order chi connectivity index (χ1) is 8.04. The monoisotopic (exact) mass is 267 g/mol. The number of carbonyl (C=O) groups excluding carboxylic acids is 2. The van der Waals surface area contributed by atoms with Crippen LogP contribution in [0.25, 0.3) is 0 Å². The van der Waals surface area contributed by atoms with Gasteiger partial charge in [-0.1, -0.05) is 46.0 Å². The van der Waals surface area contributed by atoms with Crippen LogP contribution in [-0.2, 0) is 9.59 Å². The fourth-order valence-electron chi connectivity index (χ4n) is 1.22. The van der Waals surface area contributed by atoms with Crippen molar-refractivity contribution in [3.63, 3.8) is 0 Å². The number of amides is 1. The maximum Gasteiger partial charge on any atom is 1.00 e. The molecule has 0 atom stereocenters. The van der Waals surface area contributed by atoms with Gasteiger partial charge in [0.15, 0.2) is 0 Å². The molecule has 0 fully saturated rings. The number of carbonyl (C=O) groups is 2. The summed E-state index contributed by atoms with van der Waals surface area (Å²) in [6, 6.07) is 0. The molecule has 0 aromatic carbocycles. The van der Waals surface area contributed by atoms with Gasteiger partial charge in [-0.05, 0) is 19.3 Å². The number of unbranched alkanes of at least 4 members (excludes halogenated alkanes) is 5. The summed E-state index contributed by atoms with van der Waals surface area (Å²) in [5.41, 5.74) is 4.97. The maximum absolute atomic E-state index is 10.3. The van der Waals surface area contributed by atoms with Gasteiger partial charge in [0.25, 0.3) is 0 Å². The Bertz CT molecular complexity index is 199. The molecule has 0 aliphatic rings. The zero-order valence-electron chi connectivity index (χ0n) is 12.2. The molecule has 0 aromatic rings. The fraction of sp³-hybridized carbons (Fsp3) is 0.846. The Morgan fingerprint density at radius 3 is 1.72 bits per heavy atom. The van der Waals surface area contributed by atoms with Crippen LogP contribution in [0.5, 0.6) is 0 Å². The van der Waals surface area contributed by atoms with Gasteiger partial charge in [0.2, 0.25) is 5.91 Å². The number of hydrogen-bond donors (Lipinski definition) is 1. The van der Waals surface area contributed by atoms with Crippen molar-refractivity contribution in [1.82, 2.24) is 0 Å². The van der Waals surface area contributed by atoms with Gasteiger partial charge in [0.05, 0.1) is 0 Å². The molecule has 0 saturated carbocycles. The number of nitrogens with two attached hydrogens (primary N) is 1. The predicted octanol–water partition coefficient (Wildman–Crippen LogP) is -1.24. The van der Waals surface area contributed by atoms with Gasteiger partial charge in [-0.25, -0.2) is 0 Å². The van der Waals surface area contributed by atoms with Gasteiger partial charge in [-0.3, -0.25) is 4.79 Å². The van der Waals surface area contributed by atoms with E-state index in [0.29, 0.717) is 6.42 Å². The van der Waals surface area contributed by atoms with Crippen molar-refractivity contribution in [3.8, 4) is 0 Å². The van der Waals surface area contributed by atoms with Gasteiger partial charge in [0.1, 0.15) is 0 Å². The van der Waals surface area contributed by atoms with Crippen molar-refractivity contribution >= 4 is 11.9 Å². The molecular weight excluding hydrogens is 241 g/mol. The van der Waals surface area contributed by atoms with Crippen molar-refractivity contribution < 1.29 is 44.3 Å². The van der Waals surface area contributed by atoms with E-state index < -0.39 is 5.97 Å². The summed E-state index contributed by atoms with van der Waals surface area (Å²) < 4.78 is 0. The number of rotatable bonds is 9. The van der Waals surface area contributed by atoms with Crippen LogP contribution in [-0.4, -0.2) is 11.9 Å². The summed E-state index contributed by atoms with van der Waals surface area (Å²) in [5, 5.41) is 9.65. The summed E-state index contributed by atoms with van der Waals surface area (Å²) >= 11 is 0. The third-order valence-electron chi connectivity index (χ3n) is 2.26. The van der Waals surface area contributed by atoms with Crippen LogP contribution in [0.1, 0.15) is 71.6 Å². The SMILES string of the molecule is CCCCC(=O)[O-].CCCCCCCC(N)=O.[Na+]. The van der Waals surface area contributed by atoms with Gasteiger partial charge in [0, 0.05) is 12.4 Å². The van der Waals surface area contributed by atoms with Crippen LogP contribution in [0.15, 0.2) is 0 Å². The van der Waals surface area contributed by atoms with Crippen molar-refractivity contribution in [2.45, 2.75) is 71.6 Å². The molecule has 18 heavy (non-hydrogen) atoms. The first-order valence-corrected chi connectivity index (χ1v) is 6.52. The normalized spacial score (nSPS) is 8.78. The average molecular weight is 267 g/mol. The van der Waals surface area contributed by atoms with E-state index in [0.717, 1.165) is 25.7 Å². The zero-order valence-corrected chi connectivity index (χ0v) is 14.2. The largest absolute Gasteiger partial charge is 1.00 e. The van der Waals surface area contributed by atoms with Crippen LogP contribution in [0.3, 0.4) is 0 Å². The summed E-state index contributed by atoms with van der Waals surface area (Å²) in [6.07, 6.45) is 8.31. The smallest absolute Gasteiger partial charge is 0.550 e. The van der Waals surface area contributed by atoms with E-state index in [1.807, 2.05) is 6.92 Å². The summed E-state index contributed by atoms with van der Waals surface area (Å²) in [7, 11) is 0. The Labute approximate surface area is 133 Å². The van der Waals surface area contributed by atoms with Crippen LogP contribution in [0, 0.1) is 0 Å². The molecule has 0 aliphatic carbocycles. The Morgan fingerprint density at radius 1 is 0.889 bits per heavy atom. The molecule has 0 aromatic heterocycles. The maximum atomic E-state index is 10.3. The molecule has 4 nitrogen and oxygen atoms in total. The standard InChI is InChI=1S/C8H17NO.C5H10O2.Na/c1-2-3-4-5-6-7-8(9)10;1-2-3-4-5(6)7;/h2-7H2,1H3,(H2,9,10);2-4H2,1H3,(H,6,7);/q;;+1/p-1. The van der Waals surface area contributed by atoms with Crippen molar-refractivity contribution in [1.29, 1.82) is 0 Å². The van der Waals surface area contributed by atoms with E-state index in [9.17, 15) is 14.7 Å². The van der Waals surface area contributed by atoms with E-state index >= 15 is 0 Å². The minimum Gasteiger partial charge on any atom is -0.550 e. The first kappa shape index (κ1) is 23.1. The molecule has 0 unspecified atom stereocenters.